The smallest absolute Gasteiger partial charge is 0.276 e. The van der Waals surface area contributed by atoms with Crippen LogP contribution in [0.2, 0.25) is 0 Å². The first-order chi connectivity index (χ1) is 8.00. The Morgan fingerprint density at radius 3 is 2.76 bits per heavy atom. The van der Waals surface area contributed by atoms with Gasteiger partial charge in [0.15, 0.2) is 5.69 Å². The van der Waals surface area contributed by atoms with Gasteiger partial charge in [-0.25, -0.2) is 0 Å². The number of aromatic nitrogens is 2. The Hall–Kier alpha value is -1.52. The number of nitrogens with one attached hydrogen (secondary N) is 1. The van der Waals surface area contributed by atoms with Crippen LogP contribution in [0.25, 0.3) is 0 Å². The number of nitrogens with zero attached hydrogens (tertiary/aromatic N) is 2. The van der Waals surface area contributed by atoms with E-state index < -0.39 is 0 Å². The number of hydrogen-bond acceptors (Lipinski definition) is 3. The third-order valence-electron chi connectivity index (χ3n) is 3.58. The van der Waals surface area contributed by atoms with Crippen LogP contribution in [0.15, 0.2) is 0 Å². The van der Waals surface area contributed by atoms with E-state index in [9.17, 15) is 4.79 Å². The minimum Gasteiger partial charge on any atom is -0.395 e. The van der Waals surface area contributed by atoms with Crippen LogP contribution < -0.4 is 5.73 Å². The third kappa shape index (κ3) is 2.14. The van der Waals surface area contributed by atoms with Gasteiger partial charge in [-0.2, -0.15) is 5.10 Å². The molecule has 2 unspecified atom stereocenters. The first kappa shape index (κ1) is 12.0. The zero-order valence-electron chi connectivity index (χ0n) is 10.7. The number of H-pyrrole nitrogens is 1. The van der Waals surface area contributed by atoms with Crippen LogP contribution in [0, 0.1) is 12.8 Å². The molecule has 1 aromatic rings. The minimum atomic E-state index is -0.0501. The average molecular weight is 236 g/mol. The fourth-order valence-corrected chi connectivity index (χ4v) is 2.31. The molecule has 0 bridgehead atoms. The summed E-state index contributed by atoms with van der Waals surface area (Å²) in [6, 6.07) is 0.273. The lowest BCUT2D eigenvalue weighted by Crippen LogP contribution is -2.45. The molecule has 0 aromatic carbocycles. The van der Waals surface area contributed by atoms with Crippen LogP contribution in [0.4, 0.5) is 5.69 Å². The highest BCUT2D eigenvalue weighted by Gasteiger charge is 2.30. The first-order valence-electron chi connectivity index (χ1n) is 6.12. The molecule has 1 aliphatic rings. The molecule has 0 saturated carbocycles. The van der Waals surface area contributed by atoms with E-state index in [1.165, 1.54) is 6.42 Å². The Kier molecular flexibility index (Phi) is 3.09. The zero-order chi connectivity index (χ0) is 12.6. The molecule has 5 heteroatoms. The fourth-order valence-electron chi connectivity index (χ4n) is 2.31. The Labute approximate surface area is 101 Å². The number of piperidine rings is 1. The Balaban J connectivity index is 2.22. The number of anilines is 1. The number of hydrogen-bond donors (Lipinski definition) is 2. The van der Waals surface area contributed by atoms with E-state index >= 15 is 0 Å². The lowest BCUT2D eigenvalue weighted by Gasteiger charge is -2.36. The fraction of sp³-hybridized carbons (Fsp3) is 0.667. The van der Waals surface area contributed by atoms with Gasteiger partial charge in [0, 0.05) is 12.6 Å². The summed E-state index contributed by atoms with van der Waals surface area (Å²) in [4.78, 5) is 14.2. The van der Waals surface area contributed by atoms with Crippen LogP contribution in [0.3, 0.4) is 0 Å². The van der Waals surface area contributed by atoms with Crippen LogP contribution in [0.5, 0.6) is 0 Å². The van der Waals surface area contributed by atoms with Crippen LogP contribution in [-0.2, 0) is 0 Å². The molecular weight excluding hydrogens is 216 g/mol. The second-order valence-corrected chi connectivity index (χ2v) is 5.10. The summed E-state index contributed by atoms with van der Waals surface area (Å²) in [5.74, 6) is 0.502. The van der Waals surface area contributed by atoms with E-state index in [-0.39, 0.29) is 11.9 Å². The van der Waals surface area contributed by atoms with Crippen molar-refractivity contribution >= 4 is 11.6 Å². The maximum atomic E-state index is 12.4. The number of rotatable bonds is 1. The Morgan fingerprint density at radius 1 is 1.47 bits per heavy atom. The summed E-state index contributed by atoms with van der Waals surface area (Å²) < 4.78 is 0. The topological polar surface area (TPSA) is 75.0 Å². The molecule has 17 heavy (non-hydrogen) atoms. The summed E-state index contributed by atoms with van der Waals surface area (Å²) >= 11 is 0. The molecule has 2 heterocycles. The van der Waals surface area contributed by atoms with Crippen LogP contribution in [0.1, 0.15) is 42.9 Å². The second kappa shape index (κ2) is 4.39. The van der Waals surface area contributed by atoms with E-state index in [0.29, 0.717) is 17.3 Å². The zero-order valence-corrected chi connectivity index (χ0v) is 10.7. The molecule has 1 fully saturated rings. The van der Waals surface area contributed by atoms with Gasteiger partial charge in [-0.05, 0) is 32.6 Å². The van der Waals surface area contributed by atoms with Gasteiger partial charge >= 0.3 is 0 Å². The van der Waals surface area contributed by atoms with Gasteiger partial charge in [-0.15, -0.1) is 0 Å². The van der Waals surface area contributed by atoms with Gasteiger partial charge in [0.25, 0.3) is 5.91 Å². The maximum absolute atomic E-state index is 12.4. The van der Waals surface area contributed by atoms with Crippen molar-refractivity contribution in [2.75, 3.05) is 12.3 Å². The number of aromatic amines is 1. The predicted molar refractivity (Wildman–Crippen MR) is 66.6 cm³/mol. The summed E-state index contributed by atoms with van der Waals surface area (Å²) in [6.45, 7) is 6.87. The number of nitrogens with two attached hydrogens (primary N) is 1. The van der Waals surface area contributed by atoms with Crippen molar-refractivity contribution in [2.45, 2.75) is 39.7 Å². The number of carbonyl (C=O) groups is 1. The number of nitrogen functional groups attached to an aromatic ring is 1. The maximum Gasteiger partial charge on any atom is 0.276 e. The van der Waals surface area contributed by atoms with Crippen molar-refractivity contribution in [3.05, 3.63) is 11.4 Å². The largest absolute Gasteiger partial charge is 0.395 e. The van der Waals surface area contributed by atoms with E-state index in [1.807, 2.05) is 11.8 Å². The average Bonchev–Trinajstić information content (AvgIpc) is 2.62. The van der Waals surface area contributed by atoms with Gasteiger partial charge in [0.1, 0.15) is 0 Å². The number of carbonyl (C=O) groups excluding carboxylic acids is 1. The van der Waals surface area contributed by atoms with E-state index in [2.05, 4.69) is 24.0 Å². The molecule has 0 radical (unpaired) electrons. The first-order valence-corrected chi connectivity index (χ1v) is 6.12. The molecule has 2 atom stereocenters. The van der Waals surface area contributed by atoms with Gasteiger partial charge in [-0.3, -0.25) is 9.89 Å². The Morgan fingerprint density at radius 2 is 2.18 bits per heavy atom. The van der Waals surface area contributed by atoms with Gasteiger partial charge < -0.3 is 10.6 Å². The molecule has 1 saturated heterocycles. The van der Waals surface area contributed by atoms with Gasteiger partial charge in [0.2, 0.25) is 0 Å². The Bertz CT molecular complexity index is 426. The van der Waals surface area contributed by atoms with Crippen molar-refractivity contribution in [3.8, 4) is 0 Å². The minimum absolute atomic E-state index is 0.0501. The number of likely N-dealkylation sites (tertiary alicyclic amines) is 1. The van der Waals surface area contributed by atoms with Gasteiger partial charge in [-0.1, -0.05) is 6.92 Å². The normalized spacial score (nSPS) is 25.0. The quantitative estimate of drug-likeness (QED) is 0.777. The summed E-state index contributed by atoms with van der Waals surface area (Å²) in [6.07, 6.45) is 2.23. The molecule has 5 nitrogen and oxygen atoms in total. The standard InChI is InChI=1S/C12H20N4O/c1-7-4-5-8(2)16(6-7)12(17)11-10(13)9(3)14-15-11/h7-8H,4-6,13H2,1-3H3,(H,14,15). The van der Waals surface area contributed by atoms with Gasteiger partial charge in [0.05, 0.1) is 11.4 Å². The highest BCUT2D eigenvalue weighted by Crippen LogP contribution is 2.24. The number of aryl methyl sites for hydroxylation is 1. The predicted octanol–water partition coefficient (Wildman–Crippen LogP) is 1.56. The summed E-state index contributed by atoms with van der Waals surface area (Å²) in [5.41, 5.74) is 7.44. The lowest BCUT2D eigenvalue weighted by molar-refractivity contribution is 0.0569. The SMILES string of the molecule is Cc1[nH]nc(C(=O)N2CC(C)CCC2C)c1N. The highest BCUT2D eigenvalue weighted by molar-refractivity contribution is 5.97. The second-order valence-electron chi connectivity index (χ2n) is 5.10. The third-order valence-corrected chi connectivity index (χ3v) is 3.58. The molecule has 2 rings (SSSR count). The summed E-state index contributed by atoms with van der Waals surface area (Å²) in [7, 11) is 0. The molecule has 1 aliphatic heterocycles. The van der Waals surface area contributed by atoms with Crippen LogP contribution >= 0.6 is 0 Å². The van der Waals surface area contributed by atoms with E-state index in [0.717, 1.165) is 18.7 Å². The molecule has 94 valence electrons. The molecular formula is C12H20N4O. The van der Waals surface area contributed by atoms with Crippen molar-refractivity contribution in [2.24, 2.45) is 5.92 Å². The molecule has 0 spiro atoms. The summed E-state index contributed by atoms with van der Waals surface area (Å²) in [5, 5.41) is 6.77. The molecule has 1 amide bonds. The number of amides is 1. The molecule has 3 N–H and O–H groups in total. The van der Waals surface area contributed by atoms with E-state index in [4.69, 9.17) is 5.73 Å². The lowest BCUT2D eigenvalue weighted by atomic mass is 9.95. The molecule has 1 aromatic heterocycles. The van der Waals surface area contributed by atoms with Crippen molar-refractivity contribution < 1.29 is 4.79 Å². The van der Waals surface area contributed by atoms with Crippen LogP contribution in [-0.4, -0.2) is 33.6 Å². The van der Waals surface area contributed by atoms with Crippen molar-refractivity contribution in [1.82, 2.24) is 15.1 Å². The molecule has 0 aliphatic carbocycles. The highest BCUT2D eigenvalue weighted by atomic mass is 16.2. The van der Waals surface area contributed by atoms with Crippen molar-refractivity contribution in [3.63, 3.8) is 0 Å². The van der Waals surface area contributed by atoms with E-state index in [1.54, 1.807) is 0 Å². The monoisotopic (exact) mass is 236 g/mol. The van der Waals surface area contributed by atoms with Crippen molar-refractivity contribution in [1.29, 1.82) is 0 Å².